The first-order valence-corrected chi connectivity index (χ1v) is 10.0. The second kappa shape index (κ2) is 6.17. The fourth-order valence-corrected chi connectivity index (χ4v) is 4.49. The molecule has 2 aromatic carbocycles. The van der Waals surface area contributed by atoms with Gasteiger partial charge in [-0.2, -0.15) is 0 Å². The molecule has 0 unspecified atom stereocenters. The third-order valence-corrected chi connectivity index (χ3v) is 6.25. The van der Waals surface area contributed by atoms with Crippen molar-refractivity contribution in [1.29, 1.82) is 0 Å². The molecule has 2 aliphatic rings. The van der Waals surface area contributed by atoms with E-state index in [1.165, 1.54) is 0 Å². The molecule has 1 fully saturated rings. The third kappa shape index (κ3) is 2.81. The van der Waals surface area contributed by atoms with Crippen LogP contribution < -0.4 is 5.32 Å². The number of hydrogen-bond donors (Lipinski definition) is 1. The summed E-state index contributed by atoms with van der Waals surface area (Å²) in [6.07, 6.45) is 3.85. The Hall–Kier alpha value is -2.67. The number of anilines is 1. The Balaban J connectivity index is 1.35. The number of hydrogen-bond acceptors (Lipinski definition) is 3. The summed E-state index contributed by atoms with van der Waals surface area (Å²) < 4.78 is 2.92. The van der Waals surface area contributed by atoms with Gasteiger partial charge in [-0.1, -0.05) is 15.9 Å². The molecule has 28 heavy (non-hydrogen) atoms. The second-order valence-corrected chi connectivity index (χ2v) is 8.65. The molecule has 142 valence electrons. The Morgan fingerprint density at radius 1 is 1.25 bits per heavy atom. The van der Waals surface area contributed by atoms with Gasteiger partial charge in [-0.05, 0) is 54.8 Å². The van der Waals surface area contributed by atoms with Crippen LogP contribution in [0.15, 0.2) is 47.2 Å². The Morgan fingerprint density at radius 3 is 2.86 bits per heavy atom. The van der Waals surface area contributed by atoms with Gasteiger partial charge in [0.05, 0.1) is 17.4 Å². The number of rotatable bonds is 3. The van der Waals surface area contributed by atoms with Gasteiger partial charge in [-0.25, -0.2) is 4.98 Å². The molecule has 0 atom stereocenters. The van der Waals surface area contributed by atoms with Gasteiger partial charge in [-0.3, -0.25) is 9.59 Å². The predicted octanol–water partition coefficient (Wildman–Crippen LogP) is 3.46. The van der Waals surface area contributed by atoms with Gasteiger partial charge in [0.25, 0.3) is 5.91 Å². The van der Waals surface area contributed by atoms with Crippen LogP contribution >= 0.6 is 15.9 Å². The van der Waals surface area contributed by atoms with E-state index in [4.69, 9.17) is 0 Å². The minimum atomic E-state index is -0.194. The summed E-state index contributed by atoms with van der Waals surface area (Å²) in [7, 11) is 1.93. The minimum Gasteiger partial charge on any atom is -0.334 e. The maximum Gasteiger partial charge on any atom is 0.254 e. The smallest absolute Gasteiger partial charge is 0.254 e. The first-order valence-electron chi connectivity index (χ1n) is 9.25. The van der Waals surface area contributed by atoms with E-state index in [1.807, 2.05) is 41.9 Å². The zero-order valence-electron chi connectivity index (χ0n) is 15.4. The Bertz CT molecular complexity index is 1130. The molecule has 1 aliphatic carbocycles. The van der Waals surface area contributed by atoms with E-state index in [0.29, 0.717) is 12.2 Å². The summed E-state index contributed by atoms with van der Waals surface area (Å²) in [6, 6.07) is 11.4. The normalized spacial score (nSPS) is 17.1. The van der Waals surface area contributed by atoms with Crippen LogP contribution in [0.2, 0.25) is 0 Å². The molecule has 6 nitrogen and oxygen atoms in total. The lowest BCUT2D eigenvalue weighted by Gasteiger charge is -2.34. The van der Waals surface area contributed by atoms with Gasteiger partial charge in [0.15, 0.2) is 0 Å². The fourth-order valence-electron chi connectivity index (χ4n) is 4.13. The number of benzene rings is 2. The van der Waals surface area contributed by atoms with E-state index in [1.54, 1.807) is 11.2 Å². The van der Waals surface area contributed by atoms with Crippen molar-refractivity contribution in [1.82, 2.24) is 14.5 Å². The number of nitrogens with one attached hydrogen (secondary N) is 1. The van der Waals surface area contributed by atoms with Gasteiger partial charge >= 0.3 is 0 Å². The third-order valence-electron chi connectivity index (χ3n) is 5.76. The first kappa shape index (κ1) is 17.4. The molecule has 2 amide bonds. The van der Waals surface area contributed by atoms with E-state index >= 15 is 0 Å². The van der Waals surface area contributed by atoms with Crippen molar-refractivity contribution in [3.05, 3.63) is 58.3 Å². The lowest BCUT2D eigenvalue weighted by molar-refractivity contribution is -0.117. The maximum absolute atomic E-state index is 12.9. The largest absolute Gasteiger partial charge is 0.334 e. The molecule has 7 heteroatoms. The van der Waals surface area contributed by atoms with Crippen LogP contribution in [0.4, 0.5) is 5.69 Å². The zero-order chi connectivity index (χ0) is 19.5. The molecule has 1 N–H and O–H groups in total. The molecule has 0 saturated heterocycles. The molecule has 1 aromatic heterocycles. The number of amides is 2. The summed E-state index contributed by atoms with van der Waals surface area (Å²) in [5, 5.41) is 2.90. The molecule has 0 bridgehead atoms. The Morgan fingerprint density at radius 2 is 2.07 bits per heavy atom. The monoisotopic (exact) mass is 438 g/mol. The molecule has 1 aliphatic heterocycles. The van der Waals surface area contributed by atoms with Crippen LogP contribution in [-0.4, -0.2) is 39.4 Å². The summed E-state index contributed by atoms with van der Waals surface area (Å²) >= 11 is 3.51. The number of aryl methyl sites for hydroxylation is 1. The number of halogens is 1. The Labute approximate surface area is 170 Å². The minimum absolute atomic E-state index is 0.0141. The number of carbonyl (C=O) groups is 2. The number of carbonyl (C=O) groups excluding carboxylic acids is 2. The van der Waals surface area contributed by atoms with E-state index < -0.39 is 0 Å². The van der Waals surface area contributed by atoms with Crippen LogP contribution in [0.3, 0.4) is 0 Å². The van der Waals surface area contributed by atoms with Crippen molar-refractivity contribution in [3.8, 4) is 0 Å². The quantitative estimate of drug-likeness (QED) is 0.680. The van der Waals surface area contributed by atoms with Crippen molar-refractivity contribution in [2.75, 3.05) is 18.4 Å². The van der Waals surface area contributed by atoms with Gasteiger partial charge in [0.1, 0.15) is 6.54 Å². The molecule has 5 rings (SSSR count). The molecule has 2 heterocycles. The van der Waals surface area contributed by atoms with E-state index in [0.717, 1.165) is 39.5 Å². The average molecular weight is 439 g/mol. The SMILES string of the molecule is Cn1cnc2cc(NC(=O)CN3CC4(CC4)c4cc(Br)ccc4C3=O)ccc21. The second-order valence-electron chi connectivity index (χ2n) is 7.74. The van der Waals surface area contributed by atoms with Crippen molar-refractivity contribution < 1.29 is 9.59 Å². The summed E-state index contributed by atoms with van der Waals surface area (Å²) in [5.41, 5.74) is 4.36. The molecule has 1 spiro atoms. The highest BCUT2D eigenvalue weighted by Gasteiger charge is 2.51. The highest BCUT2D eigenvalue weighted by Crippen LogP contribution is 2.52. The van der Waals surface area contributed by atoms with Crippen LogP contribution in [-0.2, 0) is 17.3 Å². The molecular weight excluding hydrogens is 420 g/mol. The number of nitrogens with zero attached hydrogens (tertiary/aromatic N) is 3. The lowest BCUT2D eigenvalue weighted by atomic mass is 9.86. The highest BCUT2D eigenvalue weighted by molar-refractivity contribution is 9.10. The molecular formula is C21H19BrN4O2. The summed E-state index contributed by atoms with van der Waals surface area (Å²) in [4.78, 5) is 31.5. The first-order chi connectivity index (χ1) is 13.4. The van der Waals surface area contributed by atoms with Gasteiger partial charge < -0.3 is 14.8 Å². The van der Waals surface area contributed by atoms with Crippen LogP contribution in [0.1, 0.15) is 28.8 Å². The van der Waals surface area contributed by atoms with Crippen LogP contribution in [0.5, 0.6) is 0 Å². The number of aromatic nitrogens is 2. The highest BCUT2D eigenvalue weighted by atomic mass is 79.9. The van der Waals surface area contributed by atoms with Gasteiger partial charge in [0, 0.05) is 34.7 Å². The standard InChI is InChI=1S/C21H19BrN4O2/c1-25-12-23-17-9-14(3-5-18(17)25)24-19(27)10-26-11-21(6-7-21)16-8-13(22)2-4-15(16)20(26)28/h2-5,8-9,12H,6-7,10-11H2,1H3,(H,24,27). The molecule has 3 aromatic rings. The predicted molar refractivity (Wildman–Crippen MR) is 110 cm³/mol. The average Bonchev–Trinajstić information content (AvgIpc) is 3.35. The fraction of sp³-hybridized carbons (Fsp3) is 0.286. The van der Waals surface area contributed by atoms with E-state index in [9.17, 15) is 9.59 Å². The Kier molecular flexibility index (Phi) is 3.84. The summed E-state index contributed by atoms with van der Waals surface area (Å²) in [6.45, 7) is 0.651. The number of imidazole rings is 1. The van der Waals surface area contributed by atoms with Crippen molar-refractivity contribution >= 4 is 44.5 Å². The van der Waals surface area contributed by atoms with Crippen molar-refractivity contribution in [2.24, 2.45) is 7.05 Å². The van der Waals surface area contributed by atoms with Crippen molar-refractivity contribution in [3.63, 3.8) is 0 Å². The number of fused-ring (bicyclic) bond motifs is 3. The molecule has 1 saturated carbocycles. The van der Waals surface area contributed by atoms with Crippen LogP contribution in [0.25, 0.3) is 11.0 Å². The topological polar surface area (TPSA) is 67.2 Å². The van der Waals surface area contributed by atoms with E-state index in [2.05, 4.69) is 32.3 Å². The summed E-state index contributed by atoms with van der Waals surface area (Å²) in [5.74, 6) is -0.268. The van der Waals surface area contributed by atoms with E-state index in [-0.39, 0.29) is 23.8 Å². The van der Waals surface area contributed by atoms with Gasteiger partial charge in [0.2, 0.25) is 5.91 Å². The van der Waals surface area contributed by atoms with Crippen molar-refractivity contribution in [2.45, 2.75) is 18.3 Å². The van der Waals surface area contributed by atoms with Gasteiger partial charge in [-0.15, -0.1) is 0 Å². The zero-order valence-corrected chi connectivity index (χ0v) is 17.0. The molecule has 0 radical (unpaired) electrons. The lowest BCUT2D eigenvalue weighted by Crippen LogP contribution is -2.46. The van der Waals surface area contributed by atoms with Crippen LogP contribution in [0, 0.1) is 0 Å². The maximum atomic E-state index is 12.9.